The number of esters is 2. The van der Waals surface area contributed by atoms with Crippen molar-refractivity contribution in [3.63, 3.8) is 0 Å². The van der Waals surface area contributed by atoms with Gasteiger partial charge in [0.2, 0.25) is 0 Å². The molecule has 0 aromatic heterocycles. The molecule has 7 heteroatoms. The topological polar surface area (TPSA) is 113 Å². The van der Waals surface area contributed by atoms with Gasteiger partial charge in [0.15, 0.2) is 0 Å². The molecule has 15 rings (SSSR count). The number of aliphatic hydroxyl groups excluding tert-OH is 2. The average Bonchev–Trinajstić information content (AvgIpc) is 1.46. The molecule has 6 saturated carbocycles. The predicted molar refractivity (Wildman–Crippen MR) is 352 cm³/mol. The predicted octanol–water partition coefficient (Wildman–Crippen LogP) is 16.9. The minimum Gasteiger partial charge on any atom is -0.462 e. The molecule has 10 aliphatic rings. The van der Waals surface area contributed by atoms with Crippen molar-refractivity contribution in [3.8, 4) is 11.8 Å². The summed E-state index contributed by atoms with van der Waals surface area (Å²) in [5, 5.41) is 46.0. The van der Waals surface area contributed by atoms with E-state index in [0.717, 1.165) is 63.4 Å². The molecule has 468 valence electrons. The van der Waals surface area contributed by atoms with E-state index in [1.54, 1.807) is 22.8 Å². The Morgan fingerprint density at radius 1 is 0.708 bits per heavy atom. The number of hydrogen-bond donors (Lipinski definition) is 3. The van der Waals surface area contributed by atoms with Gasteiger partial charge in [0.1, 0.15) is 12.7 Å². The SMILES string of the molecule is C[C@H](CCCc1ccccc1)CC[C@H](O)[C@]12[C@@H](O)CC[C@@](C)([C@H]3CC[C@]45CC[C@@H]6C[C@]7(c8ccccc8)CCCC[C@@H]7c7ccc8cccc(c8c7[C@@H]64)[C@@H]5C3)[C@@H]1[C@H]1C[C@](C)(C#CC[C@@]3(CCC[C@@H](Cc4ccccc4)C3)C(=O)O1)[C@]2(O)CCC1=CC(=O)OC1. The summed E-state index contributed by atoms with van der Waals surface area (Å²) in [7, 11) is 0. The summed E-state index contributed by atoms with van der Waals surface area (Å²) in [5.74, 6) is 8.85. The molecule has 0 amide bonds. The van der Waals surface area contributed by atoms with E-state index in [1.165, 1.54) is 72.4 Å². The number of cyclic esters (lactones) is 1. The summed E-state index contributed by atoms with van der Waals surface area (Å²) in [4.78, 5) is 29.0. The third-order valence-corrected chi connectivity index (χ3v) is 27.6. The summed E-state index contributed by atoms with van der Waals surface area (Å²) in [5.41, 5.74) is 4.04. The van der Waals surface area contributed by atoms with Gasteiger partial charge in [-0.05, 0) is 231 Å². The Labute approximate surface area is 530 Å². The van der Waals surface area contributed by atoms with Gasteiger partial charge in [0.25, 0.3) is 0 Å². The van der Waals surface area contributed by atoms with Crippen molar-refractivity contribution in [2.75, 3.05) is 6.61 Å². The van der Waals surface area contributed by atoms with Crippen LogP contribution in [0.4, 0.5) is 0 Å². The third kappa shape index (κ3) is 9.47. The van der Waals surface area contributed by atoms with Crippen LogP contribution in [-0.4, -0.2) is 57.8 Å². The largest absolute Gasteiger partial charge is 0.462 e. The number of aryl methyl sites for hydroxylation is 1. The first-order valence-electron chi connectivity index (χ1n) is 35.5. The van der Waals surface area contributed by atoms with Crippen molar-refractivity contribution < 1.29 is 34.4 Å². The Kier molecular flexibility index (Phi) is 15.4. The van der Waals surface area contributed by atoms with Crippen LogP contribution in [0.15, 0.2) is 133 Å². The number of rotatable bonds is 15. The van der Waals surface area contributed by atoms with E-state index in [9.17, 15) is 15.0 Å². The van der Waals surface area contributed by atoms with Gasteiger partial charge in [-0.1, -0.05) is 173 Å². The van der Waals surface area contributed by atoms with E-state index in [-0.39, 0.29) is 53.6 Å². The van der Waals surface area contributed by atoms with Crippen molar-refractivity contribution in [1.82, 2.24) is 0 Å². The Morgan fingerprint density at radius 3 is 2.27 bits per heavy atom. The maximum Gasteiger partial charge on any atom is 0.331 e. The Balaban J connectivity index is 0.854. The van der Waals surface area contributed by atoms with Gasteiger partial charge in [-0.25, -0.2) is 4.79 Å². The van der Waals surface area contributed by atoms with E-state index in [2.05, 4.69) is 154 Å². The molecule has 2 bridgehead atoms. The van der Waals surface area contributed by atoms with Gasteiger partial charge in [0, 0.05) is 30.3 Å². The summed E-state index contributed by atoms with van der Waals surface area (Å²) in [6, 6.07) is 45.4. The highest BCUT2D eigenvalue weighted by Gasteiger charge is 2.78. The molecule has 0 saturated heterocycles. The number of carbonyl (C=O) groups is 2. The van der Waals surface area contributed by atoms with Crippen molar-refractivity contribution in [2.45, 2.75) is 235 Å². The molecule has 6 fully saturated rings. The lowest BCUT2D eigenvalue weighted by Gasteiger charge is -2.72. The minimum absolute atomic E-state index is 0.0893. The highest BCUT2D eigenvalue weighted by atomic mass is 16.5. The summed E-state index contributed by atoms with van der Waals surface area (Å²) in [6.45, 7) is 6.99. The number of carbonyl (C=O) groups excluding carboxylic acids is 2. The zero-order valence-electron chi connectivity index (χ0n) is 53.5. The molecule has 8 aliphatic carbocycles. The molecule has 2 aliphatic heterocycles. The summed E-state index contributed by atoms with van der Waals surface area (Å²) < 4.78 is 13.1. The van der Waals surface area contributed by atoms with Gasteiger partial charge in [0.05, 0.1) is 34.1 Å². The van der Waals surface area contributed by atoms with Gasteiger partial charge in [-0.15, -0.1) is 5.92 Å². The van der Waals surface area contributed by atoms with Crippen molar-refractivity contribution >= 4 is 22.7 Å². The number of ether oxygens (including phenoxy) is 2. The molecule has 5 aromatic carbocycles. The molecule has 0 unspecified atom stereocenters. The second-order valence-corrected chi connectivity index (χ2v) is 31.8. The van der Waals surface area contributed by atoms with Crippen LogP contribution in [0, 0.1) is 68.5 Å². The highest BCUT2D eigenvalue weighted by molar-refractivity contribution is 5.93. The van der Waals surface area contributed by atoms with Crippen LogP contribution in [0.2, 0.25) is 0 Å². The normalized spacial score (nSPS) is 39.0. The monoisotopic (exact) mass is 1190 g/mol. The second kappa shape index (κ2) is 22.9. The van der Waals surface area contributed by atoms with Gasteiger partial charge in [-0.3, -0.25) is 4.79 Å². The first-order chi connectivity index (χ1) is 43.1. The van der Waals surface area contributed by atoms with Crippen LogP contribution in [0.5, 0.6) is 0 Å². The van der Waals surface area contributed by atoms with Crippen molar-refractivity contribution in [1.29, 1.82) is 0 Å². The maximum atomic E-state index is 16.1. The van der Waals surface area contributed by atoms with Crippen molar-refractivity contribution in [3.05, 3.63) is 166 Å². The first kappa shape index (κ1) is 59.8. The molecule has 3 N–H and O–H groups in total. The molecule has 7 nitrogen and oxygen atoms in total. The Hall–Kier alpha value is -5.52. The van der Waals surface area contributed by atoms with Gasteiger partial charge >= 0.3 is 11.9 Å². The number of hydrogen-bond acceptors (Lipinski definition) is 7. The Morgan fingerprint density at radius 2 is 1.48 bits per heavy atom. The van der Waals surface area contributed by atoms with Crippen LogP contribution in [0.25, 0.3) is 10.8 Å². The number of benzene rings is 5. The van der Waals surface area contributed by atoms with Gasteiger partial charge in [-0.2, -0.15) is 0 Å². The molecule has 5 aromatic rings. The van der Waals surface area contributed by atoms with E-state index in [4.69, 9.17) is 9.47 Å². The van der Waals surface area contributed by atoms with Crippen LogP contribution < -0.4 is 0 Å². The van der Waals surface area contributed by atoms with E-state index >= 15 is 9.90 Å². The maximum absolute atomic E-state index is 16.1. The molecule has 18 atom stereocenters. The van der Waals surface area contributed by atoms with Crippen molar-refractivity contribution in [2.24, 2.45) is 56.7 Å². The average molecular weight is 1200 g/mol. The van der Waals surface area contributed by atoms with Crippen LogP contribution >= 0.6 is 0 Å². The zero-order chi connectivity index (χ0) is 61.0. The second-order valence-electron chi connectivity index (χ2n) is 31.8. The zero-order valence-corrected chi connectivity index (χ0v) is 53.5. The van der Waals surface area contributed by atoms with Gasteiger partial charge < -0.3 is 24.8 Å². The molecule has 89 heavy (non-hydrogen) atoms. The minimum atomic E-state index is -1.78. The Bertz CT molecular complexity index is 3570. The lowest BCUT2D eigenvalue weighted by atomic mass is 9.34. The molecular formula is C82H98O7. The summed E-state index contributed by atoms with van der Waals surface area (Å²) in [6.07, 6.45) is 20.9. The fraction of sp³-hybridized carbons (Fsp3) is 0.585. The first-order valence-corrected chi connectivity index (χ1v) is 35.5. The fourth-order valence-corrected chi connectivity index (χ4v) is 23.6. The lowest BCUT2D eigenvalue weighted by molar-refractivity contribution is -0.340. The quantitative estimate of drug-likeness (QED) is 0.0707. The summed E-state index contributed by atoms with van der Waals surface area (Å²) >= 11 is 0. The molecule has 2 spiro atoms. The third-order valence-electron chi connectivity index (χ3n) is 27.6. The van der Waals surface area contributed by atoms with Crippen LogP contribution in [0.3, 0.4) is 0 Å². The number of fused-ring (bicyclic) bond motifs is 7. The molecule has 2 heterocycles. The fourth-order valence-electron chi connectivity index (χ4n) is 23.6. The molecular weight excluding hydrogens is 1100 g/mol. The van der Waals surface area contributed by atoms with Crippen LogP contribution in [-0.2, 0) is 37.3 Å². The smallest absolute Gasteiger partial charge is 0.331 e. The standard InChI is InChI=1S/C82H98O7/c1-54(19-15-24-55-20-7-4-8-21-55)31-34-68(83)82-69(84)38-43-77(3,74(82)67-52-76(2,81(82,87)46-35-58-48-70(85)88-53-58)39-18-41-78(75(86)89-67)40-17-25-57(50-78)47-56-22-9-5-10-23-56)62-37-45-79-44-36-60-51-80(61-27-11-6-12-28-61)42-14-13-30-65(80)64-33-32-59-26-16-29-63(66(79)49-62)71(59)72(64)73(60)79/h4-12,16,20-23,26-29,32-33,48,54,57,60,62,65-69,73-74,83-84,87H,13-15,17,19,24-25,30-31,34-38,40-47,49-53H2,1-3H3/t54-,57+,60-,62+,65-,66+,67-,68+,69+,73-,74+,76+,77+,78-,79+,80+,81-,82+/m1/s1. The van der Waals surface area contributed by atoms with E-state index in [1.807, 2.05) is 0 Å². The van der Waals surface area contributed by atoms with Crippen LogP contribution in [0.1, 0.15) is 226 Å². The van der Waals surface area contributed by atoms with E-state index in [0.29, 0.717) is 81.5 Å². The number of aliphatic hydroxyl groups is 3. The van der Waals surface area contributed by atoms with E-state index < -0.39 is 51.5 Å². The molecule has 0 radical (unpaired) electrons. The lowest BCUT2D eigenvalue weighted by Crippen LogP contribution is -2.79. The highest BCUT2D eigenvalue weighted by Crippen LogP contribution is 2.78.